The van der Waals surface area contributed by atoms with Crippen molar-refractivity contribution in [2.45, 2.75) is 5.16 Å². The molecule has 2 N–H and O–H groups in total. The summed E-state index contributed by atoms with van der Waals surface area (Å²) >= 11 is 1.19. The summed E-state index contributed by atoms with van der Waals surface area (Å²) in [7, 11) is 1.32. The van der Waals surface area contributed by atoms with Crippen molar-refractivity contribution < 1.29 is 9.53 Å². The lowest BCUT2D eigenvalue weighted by Gasteiger charge is -2.01. The molecule has 2 rings (SSSR count). The quantitative estimate of drug-likeness (QED) is 0.394. The van der Waals surface area contributed by atoms with Crippen molar-refractivity contribution in [3.63, 3.8) is 0 Å². The minimum atomic E-state index is -0.432. The van der Waals surface area contributed by atoms with Crippen molar-refractivity contribution in [2.75, 3.05) is 13.0 Å². The molecule has 1 aromatic carbocycles. The Bertz CT molecular complexity index is 595. The molecule has 0 saturated carbocycles. The zero-order valence-corrected chi connectivity index (χ0v) is 11.0. The van der Waals surface area contributed by atoms with Crippen LogP contribution in [0.4, 0.5) is 0 Å². The molecular weight excluding hydrogens is 264 g/mol. The van der Waals surface area contributed by atoms with Crippen LogP contribution in [-0.4, -0.2) is 28.0 Å². The van der Waals surface area contributed by atoms with E-state index in [1.165, 1.54) is 29.6 Å². The molecule has 0 fully saturated rings. The first-order valence-corrected chi connectivity index (χ1v) is 6.27. The summed E-state index contributed by atoms with van der Waals surface area (Å²) in [5.74, 6) is 6.04. The van der Waals surface area contributed by atoms with Gasteiger partial charge in [0.2, 0.25) is 5.16 Å². The Labute approximate surface area is 114 Å². The normalized spacial score (nSPS) is 10.8. The summed E-state index contributed by atoms with van der Waals surface area (Å²) in [5.41, 5.74) is 0.876. The van der Waals surface area contributed by atoms with Crippen LogP contribution in [-0.2, 0) is 9.53 Å². The third-order valence-corrected chi connectivity index (χ3v) is 3.04. The summed E-state index contributed by atoms with van der Waals surface area (Å²) in [6.45, 7) is 0. The first-order valence-electron chi connectivity index (χ1n) is 5.39. The number of nitrogen functional groups attached to an aromatic ring is 1. The molecule has 0 aliphatic carbocycles. The fraction of sp³-hybridized carbons (Fsp3) is 0.0833. The SMILES string of the molecule is COC(=O)/C=C/Sc1nnc(-c2ccccc2)n1N. The van der Waals surface area contributed by atoms with Gasteiger partial charge in [0, 0.05) is 11.6 Å². The molecule has 7 heteroatoms. The summed E-state index contributed by atoms with van der Waals surface area (Å²) in [6.07, 6.45) is 1.29. The van der Waals surface area contributed by atoms with Crippen LogP contribution in [0.25, 0.3) is 11.4 Å². The maximum atomic E-state index is 10.9. The number of hydrogen-bond donors (Lipinski definition) is 1. The average molecular weight is 276 g/mol. The molecular formula is C12H12N4O2S. The van der Waals surface area contributed by atoms with Gasteiger partial charge in [-0.3, -0.25) is 0 Å². The molecule has 0 aliphatic heterocycles. The van der Waals surface area contributed by atoms with Crippen LogP contribution in [0.5, 0.6) is 0 Å². The Morgan fingerprint density at radius 3 is 2.79 bits per heavy atom. The highest BCUT2D eigenvalue weighted by atomic mass is 32.2. The van der Waals surface area contributed by atoms with E-state index in [-0.39, 0.29) is 0 Å². The van der Waals surface area contributed by atoms with E-state index in [1.54, 1.807) is 5.41 Å². The number of esters is 1. The second kappa shape index (κ2) is 6.05. The molecule has 0 bridgehead atoms. The molecule has 0 amide bonds. The van der Waals surface area contributed by atoms with E-state index in [2.05, 4.69) is 14.9 Å². The molecule has 0 aliphatic rings. The number of aromatic nitrogens is 3. The van der Waals surface area contributed by atoms with Crippen molar-refractivity contribution in [2.24, 2.45) is 0 Å². The summed E-state index contributed by atoms with van der Waals surface area (Å²) < 4.78 is 5.86. The van der Waals surface area contributed by atoms with E-state index in [9.17, 15) is 4.79 Å². The minimum absolute atomic E-state index is 0.432. The number of benzene rings is 1. The lowest BCUT2D eigenvalue weighted by molar-refractivity contribution is -0.134. The van der Waals surface area contributed by atoms with Crippen LogP contribution >= 0.6 is 11.8 Å². The molecule has 1 aromatic heterocycles. The van der Waals surface area contributed by atoms with Gasteiger partial charge < -0.3 is 10.6 Å². The van der Waals surface area contributed by atoms with Crippen molar-refractivity contribution in [3.05, 3.63) is 41.8 Å². The third-order valence-electron chi connectivity index (χ3n) is 2.28. The van der Waals surface area contributed by atoms with Crippen LogP contribution in [0.2, 0.25) is 0 Å². The van der Waals surface area contributed by atoms with Gasteiger partial charge >= 0.3 is 5.97 Å². The molecule has 2 aromatic rings. The van der Waals surface area contributed by atoms with Gasteiger partial charge in [0.1, 0.15) is 0 Å². The number of nitrogens with zero attached hydrogens (tertiary/aromatic N) is 3. The van der Waals surface area contributed by atoms with E-state index in [4.69, 9.17) is 5.84 Å². The lowest BCUT2D eigenvalue weighted by atomic mass is 10.2. The highest BCUT2D eigenvalue weighted by molar-refractivity contribution is 8.02. The van der Waals surface area contributed by atoms with E-state index in [0.717, 1.165) is 5.56 Å². The van der Waals surface area contributed by atoms with Crippen molar-refractivity contribution >= 4 is 17.7 Å². The first kappa shape index (κ1) is 13.2. The van der Waals surface area contributed by atoms with E-state index in [1.807, 2.05) is 30.3 Å². The second-order valence-electron chi connectivity index (χ2n) is 3.49. The van der Waals surface area contributed by atoms with Crippen molar-refractivity contribution in [3.8, 4) is 11.4 Å². The predicted octanol–water partition coefficient (Wildman–Crippen LogP) is 1.44. The fourth-order valence-electron chi connectivity index (χ4n) is 1.36. The third kappa shape index (κ3) is 3.14. The van der Waals surface area contributed by atoms with Gasteiger partial charge in [-0.15, -0.1) is 10.2 Å². The van der Waals surface area contributed by atoms with Gasteiger partial charge in [0.15, 0.2) is 5.82 Å². The van der Waals surface area contributed by atoms with E-state index in [0.29, 0.717) is 11.0 Å². The number of carbonyl (C=O) groups is 1. The van der Waals surface area contributed by atoms with Gasteiger partial charge in [0.05, 0.1) is 7.11 Å². The van der Waals surface area contributed by atoms with Crippen LogP contribution in [0.1, 0.15) is 0 Å². The second-order valence-corrected chi connectivity index (χ2v) is 4.36. The fourth-order valence-corrected chi connectivity index (χ4v) is 1.95. The maximum absolute atomic E-state index is 10.9. The summed E-state index contributed by atoms with van der Waals surface area (Å²) in [6, 6.07) is 9.50. The topological polar surface area (TPSA) is 83.0 Å². The molecule has 1 heterocycles. The van der Waals surface area contributed by atoms with Gasteiger partial charge in [0.25, 0.3) is 0 Å². The highest BCUT2D eigenvalue weighted by Crippen LogP contribution is 2.21. The molecule has 98 valence electrons. The average Bonchev–Trinajstić information content (AvgIpc) is 2.81. The minimum Gasteiger partial charge on any atom is -0.466 e. The molecule has 0 unspecified atom stereocenters. The largest absolute Gasteiger partial charge is 0.466 e. The van der Waals surface area contributed by atoms with Gasteiger partial charge in [-0.1, -0.05) is 42.1 Å². The number of rotatable bonds is 4. The van der Waals surface area contributed by atoms with Gasteiger partial charge in [-0.25, -0.2) is 9.47 Å². The Balaban J connectivity index is 2.15. The number of carbonyl (C=O) groups excluding carboxylic acids is 1. The Kier molecular flexibility index (Phi) is 4.19. The summed E-state index contributed by atoms with van der Waals surface area (Å²) in [5, 5.41) is 10.0. The van der Waals surface area contributed by atoms with E-state index >= 15 is 0 Å². The zero-order valence-electron chi connectivity index (χ0n) is 10.2. The predicted molar refractivity (Wildman–Crippen MR) is 72.6 cm³/mol. The Morgan fingerprint density at radius 1 is 1.37 bits per heavy atom. The van der Waals surface area contributed by atoms with Crippen LogP contribution in [0.15, 0.2) is 47.0 Å². The first-order chi connectivity index (χ1) is 9.22. The summed E-state index contributed by atoms with van der Waals surface area (Å²) in [4.78, 5) is 10.9. The van der Waals surface area contributed by atoms with Crippen LogP contribution < -0.4 is 5.84 Å². The zero-order chi connectivity index (χ0) is 13.7. The number of thioether (sulfide) groups is 1. The maximum Gasteiger partial charge on any atom is 0.330 e. The molecule has 0 atom stereocenters. The molecule has 6 nitrogen and oxygen atoms in total. The van der Waals surface area contributed by atoms with Crippen molar-refractivity contribution in [1.29, 1.82) is 0 Å². The Hall–Kier alpha value is -2.28. The monoisotopic (exact) mass is 276 g/mol. The Morgan fingerprint density at radius 2 is 2.11 bits per heavy atom. The standard InChI is InChI=1S/C12H12N4O2S/c1-18-10(17)7-8-19-12-15-14-11(16(12)13)9-5-3-2-4-6-9/h2-8H,13H2,1H3/b8-7+. The van der Waals surface area contributed by atoms with Crippen LogP contribution in [0, 0.1) is 0 Å². The smallest absolute Gasteiger partial charge is 0.330 e. The number of methoxy groups -OCH3 is 1. The van der Waals surface area contributed by atoms with Gasteiger partial charge in [-0.05, 0) is 5.41 Å². The van der Waals surface area contributed by atoms with Gasteiger partial charge in [-0.2, -0.15) is 0 Å². The number of ether oxygens (including phenoxy) is 1. The molecule has 0 saturated heterocycles. The lowest BCUT2D eigenvalue weighted by Crippen LogP contribution is -2.11. The molecule has 0 radical (unpaired) electrons. The molecule has 19 heavy (non-hydrogen) atoms. The highest BCUT2D eigenvalue weighted by Gasteiger charge is 2.10. The van der Waals surface area contributed by atoms with Crippen LogP contribution in [0.3, 0.4) is 0 Å². The number of nitrogens with two attached hydrogens (primary N) is 1. The molecule has 0 spiro atoms. The van der Waals surface area contributed by atoms with E-state index < -0.39 is 5.97 Å². The number of hydrogen-bond acceptors (Lipinski definition) is 6. The van der Waals surface area contributed by atoms with Crippen molar-refractivity contribution in [1.82, 2.24) is 14.9 Å².